The van der Waals surface area contributed by atoms with Crippen LogP contribution in [0.1, 0.15) is 35.2 Å². The first-order chi connectivity index (χ1) is 17.4. The Bertz CT molecular complexity index is 1320. The average Bonchev–Trinajstić information content (AvgIpc) is 3.13. The molecule has 0 saturated carbocycles. The van der Waals surface area contributed by atoms with E-state index >= 15 is 0 Å². The lowest BCUT2D eigenvalue weighted by Crippen LogP contribution is -2.29. The van der Waals surface area contributed by atoms with E-state index in [-0.39, 0.29) is 17.9 Å². The van der Waals surface area contributed by atoms with Crippen molar-refractivity contribution in [1.82, 2.24) is 9.88 Å². The largest absolute Gasteiger partial charge is 0.507 e. The molecule has 1 amide bonds. The van der Waals surface area contributed by atoms with Crippen molar-refractivity contribution in [3.05, 3.63) is 88.8 Å². The molecule has 1 fully saturated rings. The number of aliphatic hydroxyl groups is 1. The number of rotatable bonds is 8. The number of hydrogen-bond acceptors (Lipinski definition) is 7. The lowest BCUT2D eigenvalue weighted by Gasteiger charge is -2.26. The average molecular weight is 489 g/mol. The van der Waals surface area contributed by atoms with Crippen LogP contribution in [0.2, 0.25) is 0 Å². The van der Waals surface area contributed by atoms with Crippen molar-refractivity contribution < 1.29 is 28.9 Å². The van der Waals surface area contributed by atoms with Crippen LogP contribution in [-0.2, 0) is 16.1 Å². The first-order valence-electron chi connectivity index (χ1n) is 11.5. The molecule has 3 aromatic rings. The molecule has 2 aromatic carbocycles. The van der Waals surface area contributed by atoms with Gasteiger partial charge in [0.15, 0.2) is 11.5 Å². The minimum absolute atomic E-state index is 0.00312. The summed E-state index contributed by atoms with van der Waals surface area (Å²) in [6, 6.07) is 13.1. The van der Waals surface area contributed by atoms with E-state index in [0.29, 0.717) is 40.5 Å². The van der Waals surface area contributed by atoms with E-state index < -0.39 is 17.7 Å². The van der Waals surface area contributed by atoms with Crippen LogP contribution < -0.4 is 14.2 Å². The van der Waals surface area contributed by atoms with Crippen molar-refractivity contribution in [3.8, 4) is 17.2 Å². The van der Waals surface area contributed by atoms with Crippen LogP contribution in [0.15, 0.2) is 66.5 Å². The third-order valence-electron chi connectivity index (χ3n) is 6.10. The molecule has 0 aliphatic carbocycles. The Hall–Kier alpha value is -4.33. The normalized spacial score (nSPS) is 16.8. The van der Waals surface area contributed by atoms with Gasteiger partial charge in [0.05, 0.1) is 32.4 Å². The molecule has 0 bridgehead atoms. The van der Waals surface area contributed by atoms with Crippen molar-refractivity contribution >= 4 is 17.4 Å². The summed E-state index contributed by atoms with van der Waals surface area (Å²) in [5.41, 5.74) is 2.51. The predicted molar refractivity (Wildman–Crippen MR) is 134 cm³/mol. The second-order valence-corrected chi connectivity index (χ2v) is 8.31. The Morgan fingerprint density at radius 1 is 1.06 bits per heavy atom. The van der Waals surface area contributed by atoms with Crippen molar-refractivity contribution in [2.45, 2.75) is 26.4 Å². The summed E-state index contributed by atoms with van der Waals surface area (Å²) < 4.78 is 16.4. The summed E-state index contributed by atoms with van der Waals surface area (Å²) in [6.45, 7) is 4.34. The molecule has 1 saturated heterocycles. The smallest absolute Gasteiger partial charge is 0.295 e. The first kappa shape index (κ1) is 24.8. The summed E-state index contributed by atoms with van der Waals surface area (Å²) >= 11 is 0. The monoisotopic (exact) mass is 488 g/mol. The number of carbonyl (C=O) groups is 2. The van der Waals surface area contributed by atoms with Crippen LogP contribution >= 0.6 is 0 Å². The Labute approximate surface area is 209 Å². The fourth-order valence-corrected chi connectivity index (χ4v) is 4.40. The lowest BCUT2D eigenvalue weighted by molar-refractivity contribution is -0.140. The van der Waals surface area contributed by atoms with E-state index in [0.717, 1.165) is 5.56 Å². The molecule has 2 heterocycles. The second kappa shape index (κ2) is 10.5. The van der Waals surface area contributed by atoms with Gasteiger partial charge in [-0.05, 0) is 66.9 Å². The maximum atomic E-state index is 13.4. The Morgan fingerprint density at radius 2 is 1.83 bits per heavy atom. The fraction of sp³-hybridized carbons (Fsp3) is 0.250. The quantitative estimate of drug-likeness (QED) is 0.285. The van der Waals surface area contributed by atoms with E-state index in [9.17, 15) is 14.7 Å². The van der Waals surface area contributed by atoms with E-state index in [1.807, 2.05) is 19.9 Å². The van der Waals surface area contributed by atoms with Crippen molar-refractivity contribution in [2.75, 3.05) is 20.8 Å². The predicted octanol–water partition coefficient (Wildman–Crippen LogP) is 4.43. The van der Waals surface area contributed by atoms with Gasteiger partial charge in [-0.1, -0.05) is 12.1 Å². The number of Topliss-reactive ketones (excluding diaryl/α,β-unsaturated/α-hetero) is 1. The van der Waals surface area contributed by atoms with Gasteiger partial charge < -0.3 is 24.2 Å². The van der Waals surface area contributed by atoms with Crippen LogP contribution in [0.25, 0.3) is 5.76 Å². The molecule has 1 atom stereocenters. The summed E-state index contributed by atoms with van der Waals surface area (Å²) in [6.07, 6.45) is 3.28. The number of amides is 1. The molecule has 1 N–H and O–H groups in total. The lowest BCUT2D eigenvalue weighted by atomic mass is 9.93. The molecule has 0 radical (unpaired) electrons. The molecular weight excluding hydrogens is 460 g/mol. The van der Waals surface area contributed by atoms with Gasteiger partial charge in [-0.15, -0.1) is 0 Å². The number of hydrogen-bond donors (Lipinski definition) is 1. The number of nitrogens with zero attached hydrogens (tertiary/aromatic N) is 2. The van der Waals surface area contributed by atoms with Crippen LogP contribution in [-0.4, -0.2) is 47.5 Å². The zero-order valence-electron chi connectivity index (χ0n) is 20.6. The SMILES string of the molecule is CCOc1ccc(/C(O)=C2\C(=O)C(=O)N(Cc3cccnc3)C2c2ccc(OC)c(OC)c2)c(C)c1. The van der Waals surface area contributed by atoms with Gasteiger partial charge in [0.2, 0.25) is 0 Å². The highest BCUT2D eigenvalue weighted by molar-refractivity contribution is 6.46. The van der Waals surface area contributed by atoms with Crippen LogP contribution in [0.3, 0.4) is 0 Å². The molecule has 1 unspecified atom stereocenters. The number of methoxy groups -OCH3 is 2. The Kier molecular flexibility index (Phi) is 7.24. The Balaban J connectivity index is 1.89. The molecule has 0 spiro atoms. The number of ketones is 1. The molecule has 36 heavy (non-hydrogen) atoms. The van der Waals surface area contributed by atoms with E-state index in [1.54, 1.807) is 54.9 Å². The van der Waals surface area contributed by atoms with Gasteiger partial charge in [-0.25, -0.2) is 0 Å². The summed E-state index contributed by atoms with van der Waals surface area (Å²) in [5.74, 6) is -0.109. The van der Waals surface area contributed by atoms with Crippen LogP contribution in [0.4, 0.5) is 0 Å². The number of carbonyl (C=O) groups excluding carboxylic acids is 2. The zero-order valence-corrected chi connectivity index (χ0v) is 20.6. The molecule has 1 aliphatic rings. The van der Waals surface area contributed by atoms with Gasteiger partial charge in [-0.3, -0.25) is 14.6 Å². The number of pyridine rings is 1. The van der Waals surface area contributed by atoms with Gasteiger partial charge in [0.25, 0.3) is 11.7 Å². The second-order valence-electron chi connectivity index (χ2n) is 8.31. The molecular formula is C28H28N2O6. The first-order valence-corrected chi connectivity index (χ1v) is 11.5. The number of benzene rings is 2. The highest BCUT2D eigenvalue weighted by Crippen LogP contribution is 2.43. The number of aliphatic hydroxyl groups excluding tert-OH is 1. The summed E-state index contributed by atoms with van der Waals surface area (Å²) in [4.78, 5) is 32.2. The summed E-state index contributed by atoms with van der Waals surface area (Å²) in [5, 5.41) is 11.4. The van der Waals surface area contributed by atoms with Crippen LogP contribution in [0, 0.1) is 6.92 Å². The highest BCUT2D eigenvalue weighted by atomic mass is 16.5. The molecule has 8 nitrogen and oxygen atoms in total. The third kappa shape index (κ3) is 4.62. The van der Waals surface area contributed by atoms with Crippen LogP contribution in [0.5, 0.6) is 17.2 Å². The van der Waals surface area contributed by atoms with Gasteiger partial charge in [-0.2, -0.15) is 0 Å². The minimum atomic E-state index is -0.851. The highest BCUT2D eigenvalue weighted by Gasteiger charge is 2.46. The van der Waals surface area contributed by atoms with Crippen molar-refractivity contribution in [1.29, 1.82) is 0 Å². The molecule has 4 rings (SSSR count). The van der Waals surface area contributed by atoms with Crippen molar-refractivity contribution in [3.63, 3.8) is 0 Å². The molecule has 1 aliphatic heterocycles. The maximum absolute atomic E-state index is 13.4. The maximum Gasteiger partial charge on any atom is 0.295 e. The van der Waals surface area contributed by atoms with E-state index in [2.05, 4.69) is 4.98 Å². The number of ether oxygens (including phenoxy) is 3. The molecule has 8 heteroatoms. The standard InChI is InChI=1S/C28H28N2O6/c1-5-36-20-9-10-21(17(2)13-20)26(31)24-25(19-8-11-22(34-3)23(14-19)35-4)30(28(33)27(24)32)16-18-7-6-12-29-15-18/h6-15,25,31H,5,16H2,1-4H3/b26-24+. The number of likely N-dealkylation sites (tertiary alicyclic amines) is 1. The zero-order chi connectivity index (χ0) is 25.8. The Morgan fingerprint density at radius 3 is 2.47 bits per heavy atom. The van der Waals surface area contributed by atoms with Gasteiger partial charge in [0.1, 0.15) is 11.5 Å². The third-order valence-corrected chi connectivity index (χ3v) is 6.10. The topological polar surface area (TPSA) is 98.2 Å². The van der Waals surface area contributed by atoms with Gasteiger partial charge in [0, 0.05) is 24.5 Å². The number of aromatic nitrogens is 1. The van der Waals surface area contributed by atoms with Gasteiger partial charge >= 0.3 is 0 Å². The molecule has 1 aromatic heterocycles. The van der Waals surface area contributed by atoms with E-state index in [1.165, 1.54) is 19.1 Å². The van der Waals surface area contributed by atoms with E-state index in [4.69, 9.17) is 14.2 Å². The molecule has 186 valence electrons. The number of aryl methyl sites for hydroxylation is 1. The minimum Gasteiger partial charge on any atom is -0.507 e. The fourth-order valence-electron chi connectivity index (χ4n) is 4.40. The van der Waals surface area contributed by atoms with Crippen molar-refractivity contribution in [2.24, 2.45) is 0 Å². The summed E-state index contributed by atoms with van der Waals surface area (Å²) in [7, 11) is 3.04.